The second-order valence-corrected chi connectivity index (χ2v) is 13.2. The highest BCUT2D eigenvalue weighted by atomic mass is 16.7. The number of imide groups is 1. The van der Waals surface area contributed by atoms with Gasteiger partial charge in [-0.15, -0.1) is 0 Å². The Hall–Kier alpha value is -5.75. The van der Waals surface area contributed by atoms with Gasteiger partial charge in [-0.2, -0.15) is 0 Å². The Morgan fingerprint density at radius 1 is 0.562 bits per heavy atom. The summed E-state index contributed by atoms with van der Waals surface area (Å²) in [5.41, 5.74) is 4.33. The molecule has 2 bridgehead atoms. The SMILES string of the molecule is Cc1ccc(C2=C(c3ccc(C)cc3)[C@@]3(c4ccccc4)C(=O)[C@@]2(c2ccccc2)[C@@H]2C(=O)N(c4ccc5c(c4)OCO5)C(=O)[C@H]23)cc1. The fourth-order valence-electron chi connectivity index (χ4n) is 8.84. The number of fused-ring (bicyclic) bond motifs is 6. The van der Waals surface area contributed by atoms with E-state index < -0.39 is 34.5 Å². The zero-order valence-electron chi connectivity index (χ0n) is 26.5. The van der Waals surface area contributed by atoms with E-state index in [-0.39, 0.29) is 12.6 Å². The second kappa shape index (κ2) is 10.1. The van der Waals surface area contributed by atoms with Crippen LogP contribution in [0.4, 0.5) is 5.69 Å². The first-order valence-electron chi connectivity index (χ1n) is 16.2. The summed E-state index contributed by atoms with van der Waals surface area (Å²) in [7, 11) is 0. The quantitative estimate of drug-likeness (QED) is 0.192. The van der Waals surface area contributed by atoms with E-state index in [1.807, 2.05) is 123 Å². The van der Waals surface area contributed by atoms with Gasteiger partial charge in [-0.25, -0.2) is 4.90 Å². The number of amides is 2. The monoisotopic (exact) mass is 629 g/mol. The molecule has 9 rings (SSSR count). The van der Waals surface area contributed by atoms with Crippen molar-refractivity contribution in [1.82, 2.24) is 0 Å². The minimum Gasteiger partial charge on any atom is -0.454 e. The number of benzene rings is 5. The summed E-state index contributed by atoms with van der Waals surface area (Å²) in [5, 5.41) is 0. The molecule has 2 heterocycles. The van der Waals surface area contributed by atoms with Crippen molar-refractivity contribution in [3.8, 4) is 11.5 Å². The van der Waals surface area contributed by atoms with Crippen LogP contribution in [0.15, 0.2) is 127 Å². The van der Waals surface area contributed by atoms with Crippen molar-refractivity contribution in [2.75, 3.05) is 11.7 Å². The summed E-state index contributed by atoms with van der Waals surface area (Å²) in [6, 6.07) is 40.6. The topological polar surface area (TPSA) is 72.9 Å². The third-order valence-electron chi connectivity index (χ3n) is 10.7. The fraction of sp³-hybridized carbons (Fsp3) is 0.167. The highest BCUT2D eigenvalue weighted by Gasteiger charge is 2.82. The standard InChI is InChI=1S/C42H31NO5/c1-25-13-17-27(18-14-25)34-35(28-19-15-26(2)16-20-28)42(30-11-7-4-8-12-30)37-36(41(34,40(42)46)29-9-5-3-6-10-29)38(44)43(39(37)45)31-21-22-32-33(23-31)48-24-47-32/h3-23,36-37H,24H2,1-2H3/t36-,37-,41+,42+/m0/s1. The Kier molecular flexibility index (Phi) is 6.00. The van der Waals surface area contributed by atoms with E-state index in [0.29, 0.717) is 28.3 Å². The first-order chi connectivity index (χ1) is 23.4. The van der Waals surface area contributed by atoms with Gasteiger partial charge in [0, 0.05) is 6.07 Å². The summed E-state index contributed by atoms with van der Waals surface area (Å²) in [6.07, 6.45) is 0. The molecule has 6 heteroatoms. The van der Waals surface area contributed by atoms with Crippen LogP contribution < -0.4 is 14.4 Å². The molecule has 48 heavy (non-hydrogen) atoms. The molecular formula is C42H31NO5. The molecule has 0 aromatic heterocycles. The highest BCUT2D eigenvalue weighted by molar-refractivity contribution is 6.39. The number of hydrogen-bond acceptors (Lipinski definition) is 5. The Morgan fingerprint density at radius 3 is 1.50 bits per heavy atom. The van der Waals surface area contributed by atoms with Crippen molar-refractivity contribution in [3.05, 3.63) is 161 Å². The molecule has 4 atom stereocenters. The second-order valence-electron chi connectivity index (χ2n) is 13.2. The van der Waals surface area contributed by atoms with Crippen LogP contribution >= 0.6 is 0 Å². The minimum absolute atomic E-state index is 0.0679. The minimum atomic E-state index is -1.45. The molecule has 5 aromatic rings. The fourth-order valence-corrected chi connectivity index (χ4v) is 8.84. The molecule has 2 fully saturated rings. The lowest BCUT2D eigenvalue weighted by Crippen LogP contribution is -2.45. The van der Waals surface area contributed by atoms with Crippen LogP contribution in [0.1, 0.15) is 33.4 Å². The molecular weight excluding hydrogens is 598 g/mol. The van der Waals surface area contributed by atoms with Crippen LogP contribution in [-0.4, -0.2) is 24.4 Å². The van der Waals surface area contributed by atoms with Gasteiger partial charge in [-0.05, 0) is 59.4 Å². The average molecular weight is 630 g/mol. The molecule has 5 aromatic carbocycles. The van der Waals surface area contributed by atoms with Crippen molar-refractivity contribution in [2.45, 2.75) is 24.7 Å². The van der Waals surface area contributed by atoms with E-state index in [9.17, 15) is 0 Å². The summed E-state index contributed by atoms with van der Waals surface area (Å²) < 4.78 is 11.2. The zero-order valence-corrected chi connectivity index (χ0v) is 26.5. The molecule has 2 amide bonds. The molecule has 1 saturated heterocycles. The van der Waals surface area contributed by atoms with Gasteiger partial charge in [0.05, 0.1) is 28.4 Å². The molecule has 234 valence electrons. The Balaban J connectivity index is 1.42. The molecule has 0 radical (unpaired) electrons. The highest BCUT2D eigenvalue weighted by Crippen LogP contribution is 2.74. The van der Waals surface area contributed by atoms with Crippen molar-refractivity contribution >= 4 is 34.4 Å². The molecule has 4 aliphatic rings. The lowest BCUT2D eigenvalue weighted by atomic mass is 9.59. The Bertz CT molecular complexity index is 2060. The lowest BCUT2D eigenvalue weighted by molar-refractivity contribution is -0.130. The van der Waals surface area contributed by atoms with Crippen LogP contribution in [0.25, 0.3) is 11.1 Å². The number of allylic oxidation sites excluding steroid dienone is 2. The normalized spacial score (nSPS) is 25.3. The summed E-state index contributed by atoms with van der Waals surface area (Å²) in [5.74, 6) is -1.89. The lowest BCUT2D eigenvalue weighted by Gasteiger charge is -2.39. The molecule has 0 spiro atoms. The van der Waals surface area contributed by atoms with Crippen LogP contribution in [0, 0.1) is 25.7 Å². The smallest absolute Gasteiger partial charge is 0.239 e. The van der Waals surface area contributed by atoms with E-state index in [1.54, 1.807) is 18.2 Å². The number of nitrogens with zero attached hydrogens (tertiary/aromatic N) is 1. The molecule has 1 saturated carbocycles. The molecule has 0 unspecified atom stereocenters. The third-order valence-corrected chi connectivity index (χ3v) is 10.7. The summed E-state index contributed by atoms with van der Waals surface area (Å²) >= 11 is 0. The average Bonchev–Trinajstić information content (AvgIpc) is 3.82. The number of aryl methyl sites for hydroxylation is 2. The number of ether oxygens (including phenoxy) is 2. The van der Waals surface area contributed by atoms with Gasteiger partial charge in [-0.3, -0.25) is 14.4 Å². The maximum absolute atomic E-state index is 16.0. The zero-order chi connectivity index (χ0) is 32.8. The Morgan fingerprint density at radius 2 is 1.02 bits per heavy atom. The van der Waals surface area contributed by atoms with E-state index in [2.05, 4.69) is 0 Å². The van der Waals surface area contributed by atoms with Gasteiger partial charge in [0.25, 0.3) is 0 Å². The van der Waals surface area contributed by atoms with Gasteiger partial charge in [-0.1, -0.05) is 120 Å². The first kappa shape index (κ1) is 28.5. The molecule has 2 aliphatic carbocycles. The van der Waals surface area contributed by atoms with Gasteiger partial charge in [0.2, 0.25) is 18.6 Å². The van der Waals surface area contributed by atoms with E-state index in [4.69, 9.17) is 9.47 Å². The van der Waals surface area contributed by atoms with Gasteiger partial charge < -0.3 is 9.47 Å². The largest absolute Gasteiger partial charge is 0.454 e. The van der Waals surface area contributed by atoms with Crippen molar-refractivity contribution < 1.29 is 23.9 Å². The number of rotatable bonds is 5. The van der Waals surface area contributed by atoms with E-state index >= 15 is 14.4 Å². The van der Waals surface area contributed by atoms with Crippen molar-refractivity contribution in [2.24, 2.45) is 11.8 Å². The molecule has 2 aliphatic heterocycles. The maximum Gasteiger partial charge on any atom is 0.239 e. The van der Waals surface area contributed by atoms with Crippen molar-refractivity contribution in [1.29, 1.82) is 0 Å². The van der Waals surface area contributed by atoms with E-state index in [0.717, 1.165) is 33.4 Å². The molecule has 6 nitrogen and oxygen atoms in total. The third kappa shape index (κ3) is 3.49. The number of carbonyl (C=O) groups is 3. The van der Waals surface area contributed by atoms with Gasteiger partial charge in [0.15, 0.2) is 17.3 Å². The van der Waals surface area contributed by atoms with Gasteiger partial charge >= 0.3 is 0 Å². The number of Topliss-reactive ketones (excluding diaryl/α,β-unsaturated/α-hetero) is 1. The van der Waals surface area contributed by atoms with Crippen LogP contribution in [0.5, 0.6) is 11.5 Å². The number of hydrogen-bond donors (Lipinski definition) is 0. The Labute approximate surface area is 278 Å². The van der Waals surface area contributed by atoms with Crippen LogP contribution in [0.3, 0.4) is 0 Å². The first-order valence-corrected chi connectivity index (χ1v) is 16.2. The summed E-state index contributed by atoms with van der Waals surface area (Å²) in [4.78, 5) is 47.6. The number of anilines is 1. The van der Waals surface area contributed by atoms with Crippen LogP contribution in [0.2, 0.25) is 0 Å². The van der Waals surface area contributed by atoms with Crippen molar-refractivity contribution in [3.63, 3.8) is 0 Å². The number of carbonyl (C=O) groups excluding carboxylic acids is 3. The predicted octanol–water partition coefficient (Wildman–Crippen LogP) is 7.22. The van der Waals surface area contributed by atoms with E-state index in [1.165, 1.54) is 4.90 Å². The predicted molar refractivity (Wildman–Crippen MR) is 182 cm³/mol. The summed E-state index contributed by atoms with van der Waals surface area (Å²) in [6.45, 7) is 4.13. The van der Waals surface area contributed by atoms with Crippen LogP contribution in [-0.2, 0) is 25.2 Å². The maximum atomic E-state index is 16.0. The van der Waals surface area contributed by atoms with Gasteiger partial charge in [0.1, 0.15) is 0 Å². The number of ketones is 1. The molecule has 0 N–H and O–H groups in total.